The number of hydrogen-bond acceptors (Lipinski definition) is 5. The molecule has 72 valence electrons. The van der Waals surface area contributed by atoms with Crippen LogP contribution in [0.4, 0.5) is 0 Å². The number of rotatable bonds is 2. The summed E-state index contributed by atoms with van der Waals surface area (Å²) >= 11 is 0. The molecular formula is C7H15NO4. The second-order valence-electron chi connectivity index (χ2n) is 3.12. The Hall–Kier alpha value is -0.200. The topological polar surface area (TPSA) is 95.9 Å². The van der Waals surface area contributed by atoms with Gasteiger partial charge in [0.2, 0.25) is 0 Å². The lowest BCUT2D eigenvalue weighted by Crippen LogP contribution is -2.44. The van der Waals surface area contributed by atoms with Crippen LogP contribution in [0.25, 0.3) is 0 Å². The summed E-state index contributed by atoms with van der Waals surface area (Å²) in [5.74, 6) is 0. The van der Waals surface area contributed by atoms with E-state index in [1.165, 1.54) is 0 Å². The highest BCUT2D eigenvalue weighted by Crippen LogP contribution is 2.21. The zero-order chi connectivity index (χ0) is 9.30. The van der Waals surface area contributed by atoms with Crippen molar-refractivity contribution in [3.05, 3.63) is 0 Å². The monoisotopic (exact) mass is 177 g/mol. The average Bonchev–Trinajstić information content (AvgIpc) is 2.32. The van der Waals surface area contributed by atoms with Gasteiger partial charge in [-0.1, -0.05) is 0 Å². The highest BCUT2D eigenvalue weighted by molar-refractivity contribution is 4.94. The van der Waals surface area contributed by atoms with E-state index in [1.54, 1.807) is 6.92 Å². The van der Waals surface area contributed by atoms with Crippen LogP contribution in [0.15, 0.2) is 0 Å². The second kappa shape index (κ2) is 3.68. The van der Waals surface area contributed by atoms with Crippen LogP contribution in [0, 0.1) is 0 Å². The number of hydrogen-bond donors (Lipinski definition) is 4. The van der Waals surface area contributed by atoms with E-state index in [1.807, 2.05) is 0 Å². The lowest BCUT2D eigenvalue weighted by atomic mass is 10.0. The molecular weight excluding hydrogens is 162 g/mol. The van der Waals surface area contributed by atoms with Gasteiger partial charge in [0.25, 0.3) is 0 Å². The minimum absolute atomic E-state index is 0.286. The van der Waals surface area contributed by atoms with Crippen molar-refractivity contribution in [2.45, 2.75) is 37.4 Å². The van der Waals surface area contributed by atoms with Gasteiger partial charge in [0.05, 0.1) is 18.8 Å². The maximum absolute atomic E-state index is 9.41. The molecule has 0 aromatic rings. The molecule has 12 heavy (non-hydrogen) atoms. The normalized spacial score (nSPS) is 44.8. The molecule has 0 aromatic heterocycles. The van der Waals surface area contributed by atoms with Crippen molar-refractivity contribution in [3.63, 3.8) is 0 Å². The van der Waals surface area contributed by atoms with Crippen molar-refractivity contribution in [1.82, 2.24) is 0 Å². The first-order valence-corrected chi connectivity index (χ1v) is 3.96. The Morgan fingerprint density at radius 3 is 2.50 bits per heavy atom. The molecule has 0 aliphatic carbocycles. The summed E-state index contributed by atoms with van der Waals surface area (Å²) in [6, 6.07) is -0.490. The van der Waals surface area contributed by atoms with Gasteiger partial charge in [0.15, 0.2) is 0 Å². The molecule has 1 saturated heterocycles. The van der Waals surface area contributed by atoms with Gasteiger partial charge in [-0.05, 0) is 6.92 Å². The number of aliphatic hydroxyl groups is 3. The molecule has 1 fully saturated rings. The molecule has 0 radical (unpaired) electrons. The second-order valence-corrected chi connectivity index (χ2v) is 3.12. The molecule has 1 aliphatic rings. The third-order valence-electron chi connectivity index (χ3n) is 2.21. The van der Waals surface area contributed by atoms with Crippen molar-refractivity contribution in [1.29, 1.82) is 0 Å². The minimum atomic E-state index is -1.06. The van der Waals surface area contributed by atoms with Crippen LogP contribution in [0.2, 0.25) is 0 Å². The van der Waals surface area contributed by atoms with Crippen LogP contribution >= 0.6 is 0 Å². The summed E-state index contributed by atoms with van der Waals surface area (Å²) in [5.41, 5.74) is 5.54. The fourth-order valence-corrected chi connectivity index (χ4v) is 1.34. The van der Waals surface area contributed by atoms with Gasteiger partial charge in [-0.25, -0.2) is 0 Å². The minimum Gasteiger partial charge on any atom is -0.394 e. The fourth-order valence-electron chi connectivity index (χ4n) is 1.34. The Kier molecular flexibility index (Phi) is 3.03. The van der Waals surface area contributed by atoms with E-state index in [4.69, 9.17) is 15.6 Å². The number of ether oxygens (including phenoxy) is 1. The van der Waals surface area contributed by atoms with Crippen molar-refractivity contribution >= 4 is 0 Å². The van der Waals surface area contributed by atoms with E-state index in [2.05, 4.69) is 0 Å². The van der Waals surface area contributed by atoms with E-state index < -0.39 is 31.0 Å². The maximum atomic E-state index is 9.41. The summed E-state index contributed by atoms with van der Waals surface area (Å²) in [5, 5.41) is 27.2. The first-order valence-electron chi connectivity index (χ1n) is 3.96. The van der Waals surface area contributed by atoms with E-state index >= 15 is 0 Å². The van der Waals surface area contributed by atoms with Crippen molar-refractivity contribution in [2.75, 3.05) is 6.61 Å². The van der Waals surface area contributed by atoms with E-state index in [0.717, 1.165) is 0 Å². The Morgan fingerprint density at radius 2 is 2.17 bits per heavy atom. The molecule has 0 unspecified atom stereocenters. The Morgan fingerprint density at radius 1 is 1.58 bits per heavy atom. The highest BCUT2D eigenvalue weighted by Gasteiger charge is 2.42. The van der Waals surface area contributed by atoms with Gasteiger partial charge in [-0.3, -0.25) is 0 Å². The molecule has 0 saturated carbocycles. The predicted molar refractivity (Wildman–Crippen MR) is 41.4 cm³/mol. The van der Waals surface area contributed by atoms with Crippen LogP contribution < -0.4 is 5.73 Å². The Balaban J connectivity index is 2.58. The quantitative estimate of drug-likeness (QED) is 0.384. The third kappa shape index (κ3) is 1.60. The van der Waals surface area contributed by atoms with Crippen LogP contribution in [-0.2, 0) is 4.74 Å². The summed E-state index contributed by atoms with van der Waals surface area (Å²) < 4.78 is 5.15. The maximum Gasteiger partial charge on any atom is 0.113 e. The van der Waals surface area contributed by atoms with Gasteiger partial charge in [-0.15, -0.1) is 0 Å². The first kappa shape index (κ1) is 9.88. The van der Waals surface area contributed by atoms with Gasteiger partial charge >= 0.3 is 0 Å². The molecule has 0 amide bonds. The van der Waals surface area contributed by atoms with E-state index in [9.17, 15) is 10.2 Å². The highest BCUT2D eigenvalue weighted by atomic mass is 16.5. The van der Waals surface area contributed by atoms with Crippen LogP contribution in [0.1, 0.15) is 6.92 Å². The molecule has 5 N–H and O–H groups in total. The zero-order valence-corrected chi connectivity index (χ0v) is 6.92. The number of aliphatic hydroxyl groups excluding tert-OH is 3. The van der Waals surface area contributed by atoms with Gasteiger partial charge in [0.1, 0.15) is 18.3 Å². The molecule has 0 bridgehead atoms. The van der Waals surface area contributed by atoms with Gasteiger partial charge < -0.3 is 25.8 Å². The molecule has 5 atom stereocenters. The zero-order valence-electron chi connectivity index (χ0n) is 6.92. The fraction of sp³-hybridized carbons (Fsp3) is 1.00. The summed E-state index contributed by atoms with van der Waals surface area (Å²) in [6.07, 6.45) is -3.01. The lowest BCUT2D eigenvalue weighted by Gasteiger charge is -2.18. The predicted octanol–water partition coefficient (Wildman–Crippen LogP) is -2.18. The van der Waals surface area contributed by atoms with Gasteiger partial charge in [0, 0.05) is 0 Å². The molecule has 5 nitrogen and oxygen atoms in total. The molecule has 5 heteroatoms. The average molecular weight is 177 g/mol. The Bertz CT molecular complexity index is 154. The molecule has 1 heterocycles. The summed E-state index contributed by atoms with van der Waals surface area (Å²) in [7, 11) is 0. The van der Waals surface area contributed by atoms with Gasteiger partial charge in [-0.2, -0.15) is 0 Å². The summed E-state index contributed by atoms with van der Waals surface area (Å²) in [4.78, 5) is 0. The smallest absolute Gasteiger partial charge is 0.113 e. The lowest BCUT2D eigenvalue weighted by molar-refractivity contribution is -0.0783. The van der Waals surface area contributed by atoms with Crippen LogP contribution in [0.5, 0.6) is 0 Å². The Labute approximate surface area is 70.8 Å². The van der Waals surface area contributed by atoms with Crippen molar-refractivity contribution < 1.29 is 20.1 Å². The largest absolute Gasteiger partial charge is 0.394 e. The third-order valence-corrected chi connectivity index (χ3v) is 2.21. The van der Waals surface area contributed by atoms with E-state index in [0.29, 0.717) is 0 Å². The first-order chi connectivity index (χ1) is 5.57. The van der Waals surface area contributed by atoms with Crippen molar-refractivity contribution in [3.8, 4) is 0 Å². The molecule has 1 rings (SSSR count). The van der Waals surface area contributed by atoms with Crippen LogP contribution in [-0.4, -0.2) is 52.4 Å². The molecule has 1 aliphatic heterocycles. The van der Waals surface area contributed by atoms with Crippen molar-refractivity contribution in [2.24, 2.45) is 5.73 Å². The molecule has 0 aromatic carbocycles. The van der Waals surface area contributed by atoms with Crippen LogP contribution in [0.3, 0.4) is 0 Å². The molecule has 0 spiro atoms. The summed E-state index contributed by atoms with van der Waals surface area (Å²) in [6.45, 7) is 1.29. The standard InChI is InChI=1S/C7H15NO4/c1-3-5(8)6(11)7(12-3)4(10)2-9/h3-7,9-11H,2,8H2,1H3/t3-,4-,5-,6-,7-/m1/s1. The SMILES string of the molecule is C[C@H]1O[C@H]([C@H](O)CO)[C@H](O)[C@@H]1N. The number of nitrogens with two attached hydrogens (primary N) is 1. The van der Waals surface area contributed by atoms with E-state index in [-0.39, 0.29) is 6.10 Å².